The maximum atomic E-state index is 14.6. The highest BCUT2D eigenvalue weighted by Gasteiger charge is 2.36. The van der Waals surface area contributed by atoms with Gasteiger partial charge in [-0.25, -0.2) is 4.39 Å². The van der Waals surface area contributed by atoms with E-state index >= 15 is 0 Å². The van der Waals surface area contributed by atoms with Crippen molar-refractivity contribution in [1.82, 2.24) is 0 Å². The minimum atomic E-state index is -0.294. The van der Waals surface area contributed by atoms with E-state index in [1.165, 1.54) is 45.6 Å². The molecule has 2 aromatic rings. The van der Waals surface area contributed by atoms with E-state index in [9.17, 15) is 4.39 Å². The first-order valence-electron chi connectivity index (χ1n) is 10.5. The average molecular weight is 402 g/mol. The van der Waals surface area contributed by atoms with Crippen molar-refractivity contribution in [2.24, 2.45) is 5.41 Å². The molecule has 2 nitrogen and oxygen atoms in total. The van der Waals surface area contributed by atoms with Crippen molar-refractivity contribution in [2.75, 3.05) is 24.3 Å². The van der Waals surface area contributed by atoms with Gasteiger partial charge in [0.05, 0.1) is 12.8 Å². The number of methoxy groups -OCH3 is 1. The van der Waals surface area contributed by atoms with Crippen LogP contribution in [0.25, 0.3) is 0 Å². The Morgan fingerprint density at radius 2 is 1.75 bits per heavy atom. The second kappa shape index (κ2) is 9.69. The second-order valence-corrected chi connectivity index (χ2v) is 8.89. The Labute approximate surface area is 173 Å². The van der Waals surface area contributed by atoms with E-state index in [0.717, 1.165) is 28.6 Å². The van der Waals surface area contributed by atoms with Crippen LogP contribution in [0.5, 0.6) is 5.75 Å². The zero-order chi connectivity index (χ0) is 20.0. The Bertz CT molecular complexity index is 757. The molecule has 28 heavy (non-hydrogen) atoms. The fourth-order valence-corrected chi connectivity index (χ4v) is 5.42. The van der Waals surface area contributed by atoms with E-state index in [-0.39, 0.29) is 11.2 Å². The highest BCUT2D eigenvalue weighted by molar-refractivity contribution is 7.99. The summed E-state index contributed by atoms with van der Waals surface area (Å²) in [5.41, 5.74) is 2.33. The lowest BCUT2D eigenvalue weighted by molar-refractivity contribution is 0.274. The van der Waals surface area contributed by atoms with Crippen molar-refractivity contribution in [3.05, 3.63) is 48.3 Å². The van der Waals surface area contributed by atoms with Gasteiger partial charge in [-0.3, -0.25) is 0 Å². The number of benzene rings is 2. The first-order chi connectivity index (χ1) is 13.6. The molecule has 0 radical (unpaired) electrons. The Balaban J connectivity index is 2.07. The molecule has 0 spiro atoms. The highest BCUT2D eigenvalue weighted by Crippen LogP contribution is 2.48. The number of rotatable bonds is 8. The van der Waals surface area contributed by atoms with Gasteiger partial charge in [0, 0.05) is 28.9 Å². The molecule has 0 fully saturated rings. The van der Waals surface area contributed by atoms with Crippen LogP contribution in [-0.2, 0) is 0 Å². The fourth-order valence-electron chi connectivity index (χ4n) is 4.07. The van der Waals surface area contributed by atoms with E-state index in [1.807, 2.05) is 23.9 Å². The van der Waals surface area contributed by atoms with Crippen molar-refractivity contribution < 1.29 is 9.13 Å². The number of ether oxygens (including phenoxy) is 1. The monoisotopic (exact) mass is 401 g/mol. The number of para-hydroxylation sites is 1. The van der Waals surface area contributed by atoms with E-state index in [4.69, 9.17) is 4.74 Å². The molecular weight excluding hydrogens is 369 g/mol. The smallest absolute Gasteiger partial charge is 0.167 e. The zero-order valence-corrected chi connectivity index (χ0v) is 18.2. The molecule has 0 saturated carbocycles. The van der Waals surface area contributed by atoms with Gasteiger partial charge in [-0.1, -0.05) is 57.7 Å². The molecule has 2 aromatic carbocycles. The average Bonchev–Trinajstić information content (AvgIpc) is 2.88. The summed E-state index contributed by atoms with van der Waals surface area (Å²) in [5, 5.41) is 0. The van der Waals surface area contributed by atoms with Crippen molar-refractivity contribution in [1.29, 1.82) is 0 Å². The maximum Gasteiger partial charge on any atom is 0.167 e. The van der Waals surface area contributed by atoms with Crippen LogP contribution in [0.2, 0.25) is 0 Å². The third-order valence-electron chi connectivity index (χ3n) is 5.74. The molecular formula is C24H32FNOS. The fraction of sp³-hybridized carbons (Fsp3) is 0.500. The van der Waals surface area contributed by atoms with Crippen LogP contribution in [-0.4, -0.2) is 19.4 Å². The van der Waals surface area contributed by atoms with Gasteiger partial charge in [-0.15, -0.1) is 11.8 Å². The summed E-state index contributed by atoms with van der Waals surface area (Å²) in [6, 6.07) is 14.0. The first-order valence-corrected chi connectivity index (χ1v) is 11.4. The molecule has 4 heteroatoms. The van der Waals surface area contributed by atoms with E-state index in [2.05, 4.69) is 43.0 Å². The minimum Gasteiger partial charge on any atom is -0.494 e. The Morgan fingerprint density at radius 1 is 1.07 bits per heavy atom. The summed E-state index contributed by atoms with van der Waals surface area (Å²) in [5.74, 6) is 1.10. The minimum absolute atomic E-state index is 0.231. The van der Waals surface area contributed by atoms with Crippen LogP contribution in [0.3, 0.4) is 0 Å². The Morgan fingerprint density at radius 3 is 2.36 bits per heavy atom. The lowest BCUT2D eigenvalue weighted by Gasteiger charge is -2.37. The molecule has 152 valence electrons. The summed E-state index contributed by atoms with van der Waals surface area (Å²) in [4.78, 5) is 3.44. The van der Waals surface area contributed by atoms with Crippen molar-refractivity contribution in [2.45, 2.75) is 57.3 Å². The van der Waals surface area contributed by atoms with Gasteiger partial charge < -0.3 is 9.64 Å². The molecule has 1 heterocycles. The molecule has 0 N–H and O–H groups in total. The standard InChI is InChI=1S/C24H32FNOS/c1-4-6-13-24(14-7-5-2)17-26(19-11-9-8-10-12-19)21-15-20(25)22(27-3)16-23(21)28-18-24/h8-12,15-16H,4-7,13-14,17-18H2,1-3H3. The van der Waals surface area contributed by atoms with Crippen LogP contribution in [0, 0.1) is 11.2 Å². The van der Waals surface area contributed by atoms with Crippen LogP contribution < -0.4 is 9.64 Å². The molecule has 1 aliphatic rings. The lowest BCUT2D eigenvalue weighted by Crippen LogP contribution is -2.36. The largest absolute Gasteiger partial charge is 0.494 e. The molecule has 0 aliphatic carbocycles. The predicted octanol–water partition coefficient (Wildman–Crippen LogP) is 7.44. The quantitative estimate of drug-likeness (QED) is 0.456. The van der Waals surface area contributed by atoms with Crippen molar-refractivity contribution >= 4 is 23.1 Å². The molecule has 0 saturated heterocycles. The van der Waals surface area contributed by atoms with Gasteiger partial charge in [0.1, 0.15) is 0 Å². The maximum absolute atomic E-state index is 14.6. The van der Waals surface area contributed by atoms with Crippen LogP contribution in [0.4, 0.5) is 15.8 Å². The number of anilines is 2. The number of unbranched alkanes of at least 4 members (excludes halogenated alkanes) is 2. The van der Waals surface area contributed by atoms with Crippen LogP contribution in [0.1, 0.15) is 52.4 Å². The number of thioether (sulfide) groups is 1. The summed E-state index contributed by atoms with van der Waals surface area (Å²) in [7, 11) is 1.54. The highest BCUT2D eigenvalue weighted by atomic mass is 32.2. The van der Waals surface area contributed by atoms with Gasteiger partial charge in [0.15, 0.2) is 11.6 Å². The zero-order valence-electron chi connectivity index (χ0n) is 17.3. The van der Waals surface area contributed by atoms with E-state index in [1.54, 1.807) is 6.07 Å². The topological polar surface area (TPSA) is 12.5 Å². The van der Waals surface area contributed by atoms with Gasteiger partial charge in [0.25, 0.3) is 0 Å². The molecule has 3 rings (SSSR count). The Hall–Kier alpha value is -1.68. The normalized spacial score (nSPS) is 15.8. The third-order valence-corrected chi connectivity index (χ3v) is 7.14. The predicted molar refractivity (Wildman–Crippen MR) is 119 cm³/mol. The van der Waals surface area contributed by atoms with Crippen LogP contribution in [0.15, 0.2) is 47.4 Å². The van der Waals surface area contributed by atoms with E-state index < -0.39 is 0 Å². The van der Waals surface area contributed by atoms with E-state index in [0.29, 0.717) is 5.75 Å². The molecule has 1 aliphatic heterocycles. The van der Waals surface area contributed by atoms with Crippen molar-refractivity contribution in [3.8, 4) is 5.75 Å². The van der Waals surface area contributed by atoms with Gasteiger partial charge in [-0.05, 0) is 36.5 Å². The molecule has 0 aromatic heterocycles. The molecule has 0 bridgehead atoms. The van der Waals surface area contributed by atoms with Crippen LogP contribution >= 0.6 is 11.8 Å². The van der Waals surface area contributed by atoms with Crippen molar-refractivity contribution in [3.63, 3.8) is 0 Å². The summed E-state index contributed by atoms with van der Waals surface area (Å²) >= 11 is 1.87. The first kappa shape index (κ1) is 21.0. The molecule has 0 amide bonds. The van der Waals surface area contributed by atoms with Gasteiger partial charge in [-0.2, -0.15) is 0 Å². The molecule has 0 unspecified atom stereocenters. The molecule has 0 atom stereocenters. The number of hydrogen-bond donors (Lipinski definition) is 0. The summed E-state index contributed by atoms with van der Waals surface area (Å²) in [6.07, 6.45) is 7.32. The number of hydrogen-bond acceptors (Lipinski definition) is 3. The van der Waals surface area contributed by atoms with Gasteiger partial charge in [0.2, 0.25) is 0 Å². The third kappa shape index (κ3) is 4.65. The SMILES string of the molecule is CCCCC1(CCCC)CSc2cc(OC)c(F)cc2N(c2ccccc2)C1. The summed E-state index contributed by atoms with van der Waals surface area (Å²) < 4.78 is 19.9. The number of nitrogens with zero attached hydrogens (tertiary/aromatic N) is 1. The second-order valence-electron chi connectivity index (χ2n) is 7.87. The lowest BCUT2D eigenvalue weighted by atomic mass is 9.79. The number of halogens is 1. The van der Waals surface area contributed by atoms with Gasteiger partial charge >= 0.3 is 0 Å². The number of fused-ring (bicyclic) bond motifs is 1. The summed E-state index contributed by atoms with van der Waals surface area (Å²) in [6.45, 7) is 5.46. The Kier molecular flexibility index (Phi) is 7.28.